The van der Waals surface area contributed by atoms with Crippen LogP contribution in [-0.4, -0.2) is 30.1 Å². The van der Waals surface area contributed by atoms with Gasteiger partial charge in [0, 0.05) is 11.5 Å². The lowest BCUT2D eigenvalue weighted by molar-refractivity contribution is -0.144. The number of rotatable bonds is 6. The number of carbonyl (C=O) groups is 2. The summed E-state index contributed by atoms with van der Waals surface area (Å²) in [6, 6.07) is 5.21. The molecule has 2 aliphatic carbocycles. The predicted molar refractivity (Wildman–Crippen MR) is 93.3 cm³/mol. The molecule has 1 aromatic carbocycles. The first kappa shape index (κ1) is 17.8. The summed E-state index contributed by atoms with van der Waals surface area (Å²) < 4.78 is 11.4. The van der Waals surface area contributed by atoms with Gasteiger partial charge in [0.15, 0.2) is 17.3 Å². The van der Waals surface area contributed by atoms with Crippen molar-refractivity contribution in [2.45, 2.75) is 57.5 Å². The highest BCUT2D eigenvalue weighted by Gasteiger charge is 2.36. The Hall–Kier alpha value is -2.04. The lowest BCUT2D eigenvalue weighted by Crippen LogP contribution is -2.32. The number of benzene rings is 1. The zero-order chi connectivity index (χ0) is 17.8. The summed E-state index contributed by atoms with van der Waals surface area (Å²) in [5.41, 5.74) is 0.508. The lowest BCUT2D eigenvalue weighted by Gasteiger charge is -2.27. The van der Waals surface area contributed by atoms with Crippen molar-refractivity contribution >= 4 is 11.8 Å². The smallest absolute Gasteiger partial charge is 0.307 e. The summed E-state index contributed by atoms with van der Waals surface area (Å²) in [6.45, 7) is 0. The first-order chi connectivity index (χ1) is 12.1. The molecule has 0 amide bonds. The molecule has 0 radical (unpaired) electrons. The molecule has 0 saturated heterocycles. The quantitative estimate of drug-likeness (QED) is 0.785. The number of methoxy groups -OCH3 is 1. The van der Waals surface area contributed by atoms with Crippen LogP contribution in [-0.2, 0) is 4.79 Å². The van der Waals surface area contributed by atoms with Gasteiger partial charge >= 0.3 is 5.97 Å². The molecule has 25 heavy (non-hydrogen) atoms. The second kappa shape index (κ2) is 7.89. The van der Waals surface area contributed by atoms with Gasteiger partial charge in [0.25, 0.3) is 0 Å². The molecule has 0 aliphatic heterocycles. The van der Waals surface area contributed by atoms with Crippen LogP contribution in [0.2, 0.25) is 0 Å². The first-order valence-electron chi connectivity index (χ1n) is 9.22. The number of hydrogen-bond donors (Lipinski definition) is 1. The Balaban J connectivity index is 1.79. The Kier molecular flexibility index (Phi) is 5.61. The van der Waals surface area contributed by atoms with Crippen LogP contribution in [0.3, 0.4) is 0 Å². The maximum absolute atomic E-state index is 12.9. The molecule has 5 heteroatoms. The maximum atomic E-state index is 12.9. The number of ether oxygens (including phenoxy) is 2. The molecule has 0 aromatic heterocycles. The van der Waals surface area contributed by atoms with Gasteiger partial charge in [0.1, 0.15) is 0 Å². The molecule has 1 N–H and O–H groups in total. The van der Waals surface area contributed by atoms with Gasteiger partial charge in [-0.1, -0.05) is 12.8 Å². The van der Waals surface area contributed by atoms with Crippen molar-refractivity contribution in [3.63, 3.8) is 0 Å². The van der Waals surface area contributed by atoms with E-state index in [4.69, 9.17) is 9.47 Å². The summed E-state index contributed by atoms with van der Waals surface area (Å²) in [7, 11) is 1.56. The number of carbonyl (C=O) groups excluding carboxylic acids is 1. The Bertz CT molecular complexity index is 633. The molecule has 3 rings (SSSR count). The molecule has 2 unspecified atom stereocenters. The average molecular weight is 346 g/mol. The van der Waals surface area contributed by atoms with Gasteiger partial charge in [-0.25, -0.2) is 0 Å². The topological polar surface area (TPSA) is 72.8 Å². The molecule has 1 aromatic rings. The second-order valence-electron chi connectivity index (χ2n) is 7.09. The standard InChI is InChI=1S/C20H26O5/c1-24-18-12-13(10-11-17(18)25-14-6-2-3-7-14)19(21)15-8-4-5-9-16(15)20(22)23/h10-12,14-16H,2-9H2,1H3,(H,22,23). The highest BCUT2D eigenvalue weighted by molar-refractivity contribution is 6.00. The Morgan fingerprint density at radius 2 is 1.60 bits per heavy atom. The first-order valence-corrected chi connectivity index (χ1v) is 9.22. The van der Waals surface area contributed by atoms with E-state index in [0.29, 0.717) is 29.9 Å². The number of ketones is 1. The molecule has 2 fully saturated rings. The van der Waals surface area contributed by atoms with Crippen molar-refractivity contribution in [2.75, 3.05) is 7.11 Å². The third-order valence-corrected chi connectivity index (χ3v) is 5.46. The fourth-order valence-corrected chi connectivity index (χ4v) is 4.06. The zero-order valence-electron chi connectivity index (χ0n) is 14.7. The van der Waals surface area contributed by atoms with E-state index in [9.17, 15) is 14.7 Å². The van der Waals surface area contributed by atoms with Gasteiger partial charge in [-0.3, -0.25) is 9.59 Å². The van der Waals surface area contributed by atoms with Crippen LogP contribution < -0.4 is 9.47 Å². The van der Waals surface area contributed by atoms with Crippen molar-refractivity contribution in [2.24, 2.45) is 11.8 Å². The van der Waals surface area contributed by atoms with Gasteiger partial charge in [-0.15, -0.1) is 0 Å². The fourth-order valence-electron chi connectivity index (χ4n) is 4.06. The highest BCUT2D eigenvalue weighted by Crippen LogP contribution is 2.36. The van der Waals surface area contributed by atoms with E-state index in [1.807, 2.05) is 0 Å². The maximum Gasteiger partial charge on any atom is 0.307 e. The Morgan fingerprint density at radius 1 is 0.960 bits per heavy atom. The average Bonchev–Trinajstić information content (AvgIpc) is 3.14. The van der Waals surface area contributed by atoms with Crippen molar-refractivity contribution in [3.05, 3.63) is 23.8 Å². The molecule has 2 aliphatic rings. The highest BCUT2D eigenvalue weighted by atomic mass is 16.5. The third-order valence-electron chi connectivity index (χ3n) is 5.46. The molecule has 136 valence electrons. The van der Waals surface area contributed by atoms with Crippen molar-refractivity contribution in [1.29, 1.82) is 0 Å². The second-order valence-corrected chi connectivity index (χ2v) is 7.09. The van der Waals surface area contributed by atoms with E-state index in [1.54, 1.807) is 25.3 Å². The summed E-state index contributed by atoms with van der Waals surface area (Å²) >= 11 is 0. The van der Waals surface area contributed by atoms with Gasteiger partial charge in [-0.05, 0) is 56.7 Å². The molecule has 0 bridgehead atoms. The minimum absolute atomic E-state index is 0.0992. The number of carboxylic acids is 1. The molecule has 0 spiro atoms. The minimum atomic E-state index is -0.869. The van der Waals surface area contributed by atoms with Crippen LogP contribution in [0, 0.1) is 11.8 Å². The Labute approximate surface area is 148 Å². The Morgan fingerprint density at radius 3 is 2.24 bits per heavy atom. The molecule has 0 heterocycles. The van der Waals surface area contributed by atoms with E-state index in [1.165, 1.54) is 12.8 Å². The SMILES string of the molecule is COc1cc(C(=O)C2CCCCC2C(=O)O)ccc1OC1CCCC1. The van der Waals surface area contributed by atoms with Crippen LogP contribution in [0.15, 0.2) is 18.2 Å². The fraction of sp³-hybridized carbons (Fsp3) is 0.600. The minimum Gasteiger partial charge on any atom is -0.493 e. The van der Waals surface area contributed by atoms with E-state index in [2.05, 4.69) is 0 Å². The summed E-state index contributed by atoms with van der Waals surface area (Å²) in [5.74, 6) is -0.798. The molecule has 5 nitrogen and oxygen atoms in total. The summed E-state index contributed by atoms with van der Waals surface area (Å²) in [4.78, 5) is 24.4. The molecular formula is C20H26O5. The van der Waals surface area contributed by atoms with Crippen molar-refractivity contribution < 1.29 is 24.2 Å². The normalized spacial score (nSPS) is 24.0. The largest absolute Gasteiger partial charge is 0.493 e. The van der Waals surface area contributed by atoms with Gasteiger partial charge in [0.2, 0.25) is 0 Å². The van der Waals surface area contributed by atoms with Crippen LogP contribution in [0.1, 0.15) is 61.7 Å². The van der Waals surface area contributed by atoms with Gasteiger partial charge < -0.3 is 14.6 Å². The van der Waals surface area contributed by atoms with Crippen LogP contribution in [0.4, 0.5) is 0 Å². The van der Waals surface area contributed by atoms with Crippen molar-refractivity contribution in [3.8, 4) is 11.5 Å². The van der Waals surface area contributed by atoms with Gasteiger partial charge in [-0.2, -0.15) is 0 Å². The third kappa shape index (κ3) is 3.97. The van der Waals surface area contributed by atoms with Crippen molar-refractivity contribution in [1.82, 2.24) is 0 Å². The van der Waals surface area contributed by atoms with Crippen LogP contribution in [0.5, 0.6) is 11.5 Å². The summed E-state index contributed by atoms with van der Waals surface area (Å²) in [5, 5.41) is 9.41. The molecular weight excluding hydrogens is 320 g/mol. The van der Waals surface area contributed by atoms with Gasteiger partial charge in [0.05, 0.1) is 19.1 Å². The van der Waals surface area contributed by atoms with E-state index >= 15 is 0 Å². The number of hydrogen-bond acceptors (Lipinski definition) is 4. The predicted octanol–water partition coefficient (Wildman–Crippen LogP) is 4.09. The van der Waals surface area contributed by atoms with Crippen LogP contribution >= 0.6 is 0 Å². The molecule has 2 saturated carbocycles. The summed E-state index contributed by atoms with van der Waals surface area (Å²) in [6.07, 6.45) is 7.66. The number of aliphatic carboxylic acids is 1. The number of Topliss-reactive ketones (excluding diaryl/α,β-unsaturated/α-hetero) is 1. The lowest BCUT2D eigenvalue weighted by atomic mass is 9.75. The molecule has 2 atom stereocenters. The monoisotopic (exact) mass is 346 g/mol. The van der Waals surface area contributed by atoms with E-state index in [0.717, 1.165) is 25.7 Å². The number of carboxylic acid groups (broad SMARTS) is 1. The zero-order valence-corrected chi connectivity index (χ0v) is 14.7. The van der Waals surface area contributed by atoms with Crippen LogP contribution in [0.25, 0.3) is 0 Å². The van der Waals surface area contributed by atoms with E-state index in [-0.39, 0.29) is 11.9 Å². The van der Waals surface area contributed by atoms with E-state index < -0.39 is 17.8 Å².